The molecule has 0 unspecified atom stereocenters. The number of aromatic amines is 1. The summed E-state index contributed by atoms with van der Waals surface area (Å²) in [6.07, 6.45) is 5.08. The minimum absolute atomic E-state index is 0.466. The number of pyridine rings is 1. The lowest BCUT2D eigenvalue weighted by atomic mass is 9.94. The van der Waals surface area contributed by atoms with E-state index >= 15 is 0 Å². The Hall–Kier alpha value is -1.72. The Bertz CT molecular complexity index is 587. The lowest BCUT2D eigenvalue weighted by Crippen LogP contribution is -2.28. The number of H-pyrrole nitrogens is 1. The Morgan fingerprint density at radius 1 is 1.41 bits per heavy atom. The van der Waals surface area contributed by atoms with Crippen molar-refractivity contribution in [3.05, 3.63) is 47.0 Å². The highest BCUT2D eigenvalue weighted by atomic mass is 15.2. The fourth-order valence-electron chi connectivity index (χ4n) is 3.53. The number of likely N-dealkylation sites (tertiary alicyclic amines) is 1. The summed E-state index contributed by atoms with van der Waals surface area (Å²) >= 11 is 0. The first-order valence-electron chi connectivity index (χ1n) is 7.98. The van der Waals surface area contributed by atoms with Crippen LogP contribution in [0, 0.1) is 19.8 Å². The van der Waals surface area contributed by atoms with E-state index in [2.05, 4.69) is 52.4 Å². The summed E-state index contributed by atoms with van der Waals surface area (Å²) in [5.41, 5.74) is 4.88. The number of aromatic nitrogens is 3. The minimum Gasteiger partial charge on any atom is -0.312 e. The zero-order valence-corrected chi connectivity index (χ0v) is 13.6. The zero-order chi connectivity index (χ0) is 15.5. The molecule has 118 valence electrons. The Labute approximate surface area is 132 Å². The molecule has 2 aromatic heterocycles. The highest BCUT2D eigenvalue weighted by Gasteiger charge is 2.32. The predicted octanol–water partition coefficient (Wildman–Crippen LogP) is 2.20. The van der Waals surface area contributed by atoms with E-state index in [1.807, 2.05) is 18.5 Å². The molecule has 3 rings (SSSR count). The minimum atomic E-state index is 0.466. The number of rotatable bonds is 5. The van der Waals surface area contributed by atoms with Crippen LogP contribution in [0.4, 0.5) is 0 Å². The van der Waals surface area contributed by atoms with Crippen LogP contribution in [0.25, 0.3) is 0 Å². The molecule has 5 heteroatoms. The molecular formula is C17H25N5. The van der Waals surface area contributed by atoms with Gasteiger partial charge in [0.1, 0.15) is 0 Å². The molecule has 1 saturated heterocycles. The first-order valence-corrected chi connectivity index (χ1v) is 7.98. The normalized spacial score (nSPS) is 22.3. The summed E-state index contributed by atoms with van der Waals surface area (Å²) in [6, 6.07) is 4.69. The van der Waals surface area contributed by atoms with Crippen molar-refractivity contribution < 1.29 is 0 Å². The third kappa shape index (κ3) is 3.05. The molecule has 0 bridgehead atoms. The van der Waals surface area contributed by atoms with Gasteiger partial charge in [0.25, 0.3) is 0 Å². The molecule has 1 aliphatic rings. The quantitative estimate of drug-likeness (QED) is 0.889. The first-order chi connectivity index (χ1) is 10.7. The lowest BCUT2D eigenvalue weighted by molar-refractivity contribution is 0.271. The summed E-state index contributed by atoms with van der Waals surface area (Å²) in [5, 5.41) is 10.9. The Morgan fingerprint density at radius 2 is 2.27 bits per heavy atom. The monoisotopic (exact) mass is 299 g/mol. The Morgan fingerprint density at radius 3 is 2.95 bits per heavy atom. The van der Waals surface area contributed by atoms with E-state index in [0.717, 1.165) is 31.0 Å². The van der Waals surface area contributed by atoms with Crippen molar-refractivity contribution in [1.29, 1.82) is 0 Å². The molecule has 0 saturated carbocycles. The van der Waals surface area contributed by atoms with Crippen LogP contribution in [0.5, 0.6) is 0 Å². The molecule has 2 aromatic rings. The lowest BCUT2D eigenvalue weighted by Gasteiger charge is -2.25. The van der Waals surface area contributed by atoms with Gasteiger partial charge in [-0.1, -0.05) is 6.07 Å². The van der Waals surface area contributed by atoms with E-state index < -0.39 is 0 Å². The molecule has 5 nitrogen and oxygen atoms in total. The van der Waals surface area contributed by atoms with Crippen LogP contribution < -0.4 is 5.32 Å². The summed E-state index contributed by atoms with van der Waals surface area (Å²) in [4.78, 5) is 6.72. The van der Waals surface area contributed by atoms with E-state index in [-0.39, 0.29) is 0 Å². The molecule has 0 spiro atoms. The van der Waals surface area contributed by atoms with Crippen molar-refractivity contribution >= 4 is 0 Å². The van der Waals surface area contributed by atoms with Crippen molar-refractivity contribution in [3.63, 3.8) is 0 Å². The van der Waals surface area contributed by atoms with Gasteiger partial charge in [-0.25, -0.2) is 0 Å². The van der Waals surface area contributed by atoms with Gasteiger partial charge in [-0.3, -0.25) is 15.0 Å². The van der Waals surface area contributed by atoms with Crippen molar-refractivity contribution in [2.45, 2.75) is 32.9 Å². The first kappa shape index (κ1) is 15.2. The van der Waals surface area contributed by atoms with E-state index in [1.54, 1.807) is 0 Å². The van der Waals surface area contributed by atoms with Gasteiger partial charge in [0, 0.05) is 42.8 Å². The van der Waals surface area contributed by atoms with Gasteiger partial charge >= 0.3 is 0 Å². The number of nitrogens with one attached hydrogen (secondary N) is 2. The van der Waals surface area contributed by atoms with Crippen molar-refractivity contribution in [3.8, 4) is 0 Å². The second-order valence-corrected chi connectivity index (χ2v) is 6.30. The van der Waals surface area contributed by atoms with Crippen LogP contribution >= 0.6 is 0 Å². The number of hydrogen-bond donors (Lipinski definition) is 2. The summed E-state index contributed by atoms with van der Waals surface area (Å²) in [6.45, 7) is 7.19. The van der Waals surface area contributed by atoms with Gasteiger partial charge in [-0.15, -0.1) is 0 Å². The maximum absolute atomic E-state index is 4.28. The molecule has 1 fully saturated rings. The van der Waals surface area contributed by atoms with Crippen LogP contribution in [-0.2, 0) is 6.54 Å². The third-order valence-corrected chi connectivity index (χ3v) is 4.79. The molecule has 0 amide bonds. The summed E-state index contributed by atoms with van der Waals surface area (Å²) in [5.74, 6) is 0.627. The van der Waals surface area contributed by atoms with Crippen molar-refractivity contribution in [1.82, 2.24) is 25.4 Å². The number of aryl methyl sites for hydroxylation is 2. The van der Waals surface area contributed by atoms with Gasteiger partial charge in [-0.05, 0) is 51.4 Å². The van der Waals surface area contributed by atoms with Gasteiger partial charge in [-0.2, -0.15) is 5.10 Å². The molecule has 0 aliphatic carbocycles. The predicted molar refractivity (Wildman–Crippen MR) is 87.5 cm³/mol. The zero-order valence-electron chi connectivity index (χ0n) is 13.6. The second-order valence-electron chi connectivity index (χ2n) is 6.30. The average Bonchev–Trinajstić information content (AvgIpc) is 3.05. The maximum atomic E-state index is 4.28. The van der Waals surface area contributed by atoms with Crippen molar-refractivity contribution in [2.75, 3.05) is 20.1 Å². The number of nitrogens with zero attached hydrogens (tertiary/aromatic N) is 3. The molecule has 3 heterocycles. The SMILES string of the molecule is Cc1n[nH]c(C)c1CNC[C@@H]1CCN(C)[C@H]1c1cccnc1. The molecule has 22 heavy (non-hydrogen) atoms. The second kappa shape index (κ2) is 6.58. The maximum Gasteiger partial charge on any atom is 0.0638 e. The van der Waals surface area contributed by atoms with Crippen LogP contribution in [0.3, 0.4) is 0 Å². The van der Waals surface area contributed by atoms with E-state index in [9.17, 15) is 0 Å². The van der Waals surface area contributed by atoms with E-state index in [1.165, 1.54) is 17.5 Å². The van der Waals surface area contributed by atoms with Gasteiger partial charge < -0.3 is 5.32 Å². The van der Waals surface area contributed by atoms with E-state index in [0.29, 0.717) is 12.0 Å². The standard InChI is InChI=1S/C17H25N5/c1-12-16(13(2)21-20-12)11-19-10-15-6-8-22(3)17(15)14-5-4-7-18-9-14/h4-5,7,9,15,17,19H,6,8,10-11H2,1-3H3,(H,20,21)/t15-,17-/m0/s1. The molecule has 2 atom stereocenters. The largest absolute Gasteiger partial charge is 0.312 e. The molecule has 0 aromatic carbocycles. The highest BCUT2D eigenvalue weighted by molar-refractivity contribution is 5.23. The third-order valence-electron chi connectivity index (χ3n) is 4.79. The van der Waals surface area contributed by atoms with Crippen molar-refractivity contribution in [2.24, 2.45) is 5.92 Å². The topological polar surface area (TPSA) is 56.8 Å². The summed E-state index contributed by atoms with van der Waals surface area (Å²) in [7, 11) is 2.21. The molecular weight excluding hydrogens is 274 g/mol. The highest BCUT2D eigenvalue weighted by Crippen LogP contribution is 2.35. The Balaban J connectivity index is 1.62. The number of hydrogen-bond acceptors (Lipinski definition) is 4. The fraction of sp³-hybridized carbons (Fsp3) is 0.529. The smallest absolute Gasteiger partial charge is 0.0638 e. The van der Waals surface area contributed by atoms with Gasteiger partial charge in [0.2, 0.25) is 0 Å². The van der Waals surface area contributed by atoms with Crippen LogP contribution in [0.2, 0.25) is 0 Å². The van der Waals surface area contributed by atoms with Gasteiger partial charge in [0.05, 0.1) is 5.69 Å². The van der Waals surface area contributed by atoms with Gasteiger partial charge in [0.15, 0.2) is 0 Å². The fourth-order valence-corrected chi connectivity index (χ4v) is 3.53. The van der Waals surface area contributed by atoms with E-state index in [4.69, 9.17) is 0 Å². The van der Waals surface area contributed by atoms with Crippen LogP contribution in [0.15, 0.2) is 24.5 Å². The Kier molecular flexibility index (Phi) is 4.55. The van der Waals surface area contributed by atoms with Crippen LogP contribution in [-0.4, -0.2) is 40.2 Å². The summed E-state index contributed by atoms with van der Waals surface area (Å²) < 4.78 is 0. The molecule has 2 N–H and O–H groups in total. The average molecular weight is 299 g/mol. The molecule has 0 radical (unpaired) electrons. The molecule has 1 aliphatic heterocycles. The van der Waals surface area contributed by atoms with Crippen LogP contribution in [0.1, 0.15) is 35.0 Å².